The van der Waals surface area contributed by atoms with Gasteiger partial charge in [-0.3, -0.25) is 4.79 Å². The van der Waals surface area contributed by atoms with Crippen LogP contribution in [0.3, 0.4) is 0 Å². The minimum Gasteiger partial charge on any atom is -0.490 e. The molecule has 2 N–H and O–H groups in total. The van der Waals surface area contributed by atoms with Crippen molar-refractivity contribution in [2.45, 2.75) is 68.6 Å². The number of halogens is 1. The van der Waals surface area contributed by atoms with Crippen molar-refractivity contribution < 1.29 is 23.1 Å². The number of carbonyl (C=O) groups is 1. The molecule has 220 valence electrons. The van der Waals surface area contributed by atoms with Crippen molar-refractivity contribution in [3.8, 4) is 5.75 Å². The number of aliphatic hydroxyl groups excluding tert-OH is 1. The summed E-state index contributed by atoms with van der Waals surface area (Å²) >= 11 is 6.37. The van der Waals surface area contributed by atoms with Crippen LogP contribution in [0.1, 0.15) is 66.9 Å². The van der Waals surface area contributed by atoms with Gasteiger partial charge in [0.2, 0.25) is 10.0 Å². The SMILES string of the molecule is C=CC1CC(S(=O)(=O)NC(=O)c2ccc3c(c2)N(C[C@@H]2CC[C@H]2[C@H](C)O)C[C@@]2(CCCc4cc(Cl)ccc42)CO3)C1. The predicted molar refractivity (Wildman–Crippen MR) is 161 cm³/mol. The summed E-state index contributed by atoms with van der Waals surface area (Å²) in [4.78, 5) is 15.6. The lowest BCUT2D eigenvalue weighted by Crippen LogP contribution is -2.49. The van der Waals surface area contributed by atoms with E-state index in [1.165, 1.54) is 11.1 Å². The number of nitrogens with zero attached hydrogens (tertiary/aromatic N) is 1. The Kier molecular flexibility index (Phi) is 7.62. The molecule has 3 aliphatic carbocycles. The number of anilines is 1. The Morgan fingerprint density at radius 1 is 1.27 bits per heavy atom. The molecule has 2 aromatic carbocycles. The van der Waals surface area contributed by atoms with E-state index in [0.717, 1.165) is 49.4 Å². The number of sulfonamides is 1. The first-order valence-electron chi connectivity index (χ1n) is 14.8. The van der Waals surface area contributed by atoms with Crippen molar-refractivity contribution in [3.05, 3.63) is 70.8 Å². The second-order valence-electron chi connectivity index (χ2n) is 12.6. The summed E-state index contributed by atoms with van der Waals surface area (Å²) in [7, 11) is -3.78. The average molecular weight is 599 g/mol. The zero-order valence-electron chi connectivity index (χ0n) is 23.5. The Balaban J connectivity index is 1.32. The van der Waals surface area contributed by atoms with Crippen LogP contribution in [0.2, 0.25) is 5.02 Å². The van der Waals surface area contributed by atoms with Crippen molar-refractivity contribution in [3.63, 3.8) is 0 Å². The van der Waals surface area contributed by atoms with Gasteiger partial charge in [0.15, 0.2) is 0 Å². The number of aryl methyl sites for hydroxylation is 1. The number of hydrogen-bond donors (Lipinski definition) is 2. The molecule has 6 rings (SSSR count). The molecule has 0 aromatic heterocycles. The van der Waals surface area contributed by atoms with Gasteiger partial charge in [0.25, 0.3) is 5.91 Å². The molecule has 4 atom stereocenters. The van der Waals surface area contributed by atoms with Crippen molar-refractivity contribution in [2.75, 3.05) is 24.6 Å². The van der Waals surface area contributed by atoms with Gasteiger partial charge in [-0.1, -0.05) is 23.7 Å². The Morgan fingerprint density at radius 3 is 2.78 bits per heavy atom. The van der Waals surface area contributed by atoms with Crippen LogP contribution in [-0.4, -0.2) is 50.5 Å². The number of nitrogens with one attached hydrogen (secondary N) is 1. The molecule has 4 aliphatic rings. The summed E-state index contributed by atoms with van der Waals surface area (Å²) in [6, 6.07) is 11.4. The van der Waals surface area contributed by atoms with Crippen molar-refractivity contribution in [1.82, 2.24) is 4.72 Å². The lowest BCUT2D eigenvalue weighted by Gasteiger charge is -2.45. The fourth-order valence-electron chi connectivity index (χ4n) is 7.32. The van der Waals surface area contributed by atoms with E-state index < -0.39 is 21.2 Å². The van der Waals surface area contributed by atoms with Gasteiger partial charge in [-0.2, -0.15) is 0 Å². The molecular weight excluding hydrogens is 560 g/mol. The highest BCUT2D eigenvalue weighted by Crippen LogP contribution is 2.46. The predicted octanol–water partition coefficient (Wildman–Crippen LogP) is 5.24. The van der Waals surface area contributed by atoms with Crippen LogP contribution >= 0.6 is 11.6 Å². The molecule has 9 heteroatoms. The van der Waals surface area contributed by atoms with Crippen LogP contribution in [0.5, 0.6) is 5.75 Å². The Hall–Kier alpha value is -2.55. The highest BCUT2D eigenvalue weighted by atomic mass is 35.5. The van der Waals surface area contributed by atoms with Gasteiger partial charge >= 0.3 is 0 Å². The van der Waals surface area contributed by atoms with E-state index in [1.807, 2.05) is 13.0 Å². The normalized spacial score (nSPS) is 29.6. The molecule has 1 aliphatic heterocycles. The number of hydrogen-bond acceptors (Lipinski definition) is 6. The summed E-state index contributed by atoms with van der Waals surface area (Å²) in [6.07, 6.45) is 7.37. The molecule has 0 unspecified atom stereocenters. The molecular formula is C32H39ClN2O5S. The van der Waals surface area contributed by atoms with E-state index in [4.69, 9.17) is 16.3 Å². The lowest BCUT2D eigenvalue weighted by atomic mass is 9.68. The summed E-state index contributed by atoms with van der Waals surface area (Å²) in [5.74, 6) is 0.783. The molecule has 1 heterocycles. The lowest BCUT2D eigenvalue weighted by molar-refractivity contribution is 0.0278. The fourth-order valence-corrected chi connectivity index (χ4v) is 9.06. The van der Waals surface area contributed by atoms with Crippen LogP contribution in [0.4, 0.5) is 5.69 Å². The van der Waals surface area contributed by atoms with E-state index in [9.17, 15) is 18.3 Å². The van der Waals surface area contributed by atoms with Gasteiger partial charge in [-0.15, -0.1) is 6.58 Å². The number of fused-ring (bicyclic) bond motifs is 3. The third-order valence-electron chi connectivity index (χ3n) is 9.99. The number of benzene rings is 2. The maximum atomic E-state index is 13.2. The van der Waals surface area contributed by atoms with E-state index in [-0.39, 0.29) is 28.9 Å². The zero-order chi connectivity index (χ0) is 28.9. The summed E-state index contributed by atoms with van der Waals surface area (Å²) in [5.41, 5.74) is 3.34. The number of amides is 1. The van der Waals surface area contributed by atoms with Gasteiger partial charge in [0.05, 0.1) is 23.6 Å². The fraction of sp³-hybridized carbons (Fsp3) is 0.531. The van der Waals surface area contributed by atoms with Crippen molar-refractivity contribution >= 4 is 33.2 Å². The molecule has 1 amide bonds. The summed E-state index contributed by atoms with van der Waals surface area (Å²) in [5, 5.41) is 10.5. The third kappa shape index (κ3) is 5.39. The van der Waals surface area contributed by atoms with E-state index in [0.29, 0.717) is 37.7 Å². The second-order valence-corrected chi connectivity index (χ2v) is 15.0. The van der Waals surface area contributed by atoms with Crippen LogP contribution in [0.25, 0.3) is 0 Å². The molecule has 7 nitrogen and oxygen atoms in total. The molecule has 2 fully saturated rings. The first-order chi connectivity index (χ1) is 19.6. The maximum absolute atomic E-state index is 13.2. The zero-order valence-corrected chi connectivity index (χ0v) is 25.1. The number of ether oxygens (including phenoxy) is 1. The minimum atomic E-state index is -3.78. The molecule has 0 saturated heterocycles. The van der Waals surface area contributed by atoms with Gasteiger partial charge in [0.1, 0.15) is 5.75 Å². The summed E-state index contributed by atoms with van der Waals surface area (Å²) < 4.78 is 34.6. The van der Waals surface area contributed by atoms with Gasteiger partial charge in [0, 0.05) is 29.1 Å². The number of rotatable bonds is 7. The van der Waals surface area contributed by atoms with Gasteiger partial charge in [-0.25, -0.2) is 13.1 Å². The number of aliphatic hydroxyl groups is 1. The molecule has 0 bridgehead atoms. The average Bonchev–Trinajstić information content (AvgIpc) is 3.02. The van der Waals surface area contributed by atoms with E-state index >= 15 is 0 Å². The monoisotopic (exact) mass is 598 g/mol. The summed E-state index contributed by atoms with van der Waals surface area (Å²) in [6.45, 7) is 7.53. The largest absolute Gasteiger partial charge is 0.490 e. The van der Waals surface area contributed by atoms with Gasteiger partial charge in [-0.05, 0) is 111 Å². The first kappa shape index (κ1) is 28.6. The molecule has 2 aromatic rings. The van der Waals surface area contributed by atoms with Gasteiger partial charge < -0.3 is 14.7 Å². The first-order valence-corrected chi connectivity index (χ1v) is 16.7. The topological polar surface area (TPSA) is 95.9 Å². The number of allylic oxidation sites excluding steroid dienone is 1. The standard InChI is InChI=1S/C32H39ClN2O5S/c1-3-21-13-26(14-21)41(38,39)34-31(37)23-7-11-30-29(16-23)35(17-24-6-9-27(24)20(2)36)18-32(19-40-30)12-4-5-22-15-25(33)8-10-28(22)32/h3,7-8,10-11,15-16,20-21,24,26-27,36H,1,4-6,9,12-14,17-19H2,2H3,(H,34,37)/t20-,21?,24-,26?,27-,32-/m0/s1. The Bertz CT molecular complexity index is 1450. The van der Waals surface area contributed by atoms with Crippen LogP contribution in [-0.2, 0) is 21.9 Å². The Labute approximate surface area is 248 Å². The molecule has 1 spiro atoms. The molecule has 0 radical (unpaired) electrons. The molecule has 41 heavy (non-hydrogen) atoms. The van der Waals surface area contributed by atoms with Crippen LogP contribution < -0.4 is 14.4 Å². The third-order valence-corrected chi connectivity index (χ3v) is 12.0. The van der Waals surface area contributed by atoms with E-state index in [2.05, 4.69) is 28.3 Å². The Morgan fingerprint density at radius 2 is 2.07 bits per heavy atom. The van der Waals surface area contributed by atoms with Crippen molar-refractivity contribution in [1.29, 1.82) is 0 Å². The quantitative estimate of drug-likeness (QED) is 0.423. The van der Waals surface area contributed by atoms with Crippen LogP contribution in [0, 0.1) is 17.8 Å². The van der Waals surface area contributed by atoms with Crippen molar-refractivity contribution in [2.24, 2.45) is 17.8 Å². The smallest absolute Gasteiger partial charge is 0.264 e. The molecule has 2 saturated carbocycles. The van der Waals surface area contributed by atoms with E-state index in [1.54, 1.807) is 24.3 Å². The maximum Gasteiger partial charge on any atom is 0.264 e. The van der Waals surface area contributed by atoms with Crippen LogP contribution in [0.15, 0.2) is 49.1 Å². The highest BCUT2D eigenvalue weighted by Gasteiger charge is 2.44. The highest BCUT2D eigenvalue weighted by molar-refractivity contribution is 7.90. The second kappa shape index (κ2) is 10.9. The minimum absolute atomic E-state index is 0.176. The number of carbonyl (C=O) groups excluding carboxylic acids is 1.